The predicted octanol–water partition coefficient (Wildman–Crippen LogP) is 7.92. The van der Waals surface area contributed by atoms with Crippen molar-refractivity contribution >= 4 is 34.7 Å². The molecule has 80 heavy (non-hydrogen) atoms. The maximum atomic E-state index is 14.3. The normalized spacial score (nSPS) is 17.2. The van der Waals surface area contributed by atoms with E-state index in [2.05, 4.69) is 38.5 Å². The van der Waals surface area contributed by atoms with E-state index in [0.717, 1.165) is 80.3 Å². The van der Waals surface area contributed by atoms with Gasteiger partial charge in [0.15, 0.2) is 0 Å². The molecule has 5 heterocycles. The van der Waals surface area contributed by atoms with Crippen LogP contribution in [-0.2, 0) is 38.7 Å². The number of thiazole rings is 1. The van der Waals surface area contributed by atoms with Crippen LogP contribution in [0.1, 0.15) is 101 Å². The highest BCUT2D eigenvalue weighted by molar-refractivity contribution is 7.13. The summed E-state index contributed by atoms with van der Waals surface area (Å²) in [6, 6.07) is 25.7. The standard InChI is InChI=1S/C62H75N7O10S/c1-8-67(47-19-21-76-22-20-47)53-29-46(28-51(40(53)6)58(71)64-33-52-38(4)27-39(5)66-59(52)72)42-15-17-49(18-16-42)78-25-23-77-24-26-79-55-30-43(57-41(7)65-36-80-57)13-14-44(55)32-63-60(73)54-31-48(70)35-68(54)62(75)56(37(2)3)69-34-45-11-9-10-12-50(45)61(69)74/h9-18,27-30,36-37,47-48,54,56,58,64,70-71H,8,19-26,31-35H2,1-7H3,(H,63,73)(H,66,72)/t48-,54+,56+,58?/m1/s1. The Balaban J connectivity index is 0.809. The monoisotopic (exact) mass is 1110 g/mol. The van der Waals surface area contributed by atoms with Crippen LogP contribution in [0.4, 0.5) is 5.69 Å². The van der Waals surface area contributed by atoms with Crippen LogP contribution in [-0.4, -0.2) is 125 Å². The Morgan fingerprint density at radius 3 is 2.34 bits per heavy atom. The zero-order valence-corrected chi connectivity index (χ0v) is 47.7. The Morgan fingerprint density at radius 2 is 1.64 bits per heavy atom. The molecule has 4 aromatic carbocycles. The summed E-state index contributed by atoms with van der Waals surface area (Å²) in [6.07, 6.45) is -0.0270. The van der Waals surface area contributed by atoms with E-state index in [0.29, 0.717) is 67.2 Å². The number of aliphatic hydroxyl groups excluding tert-OH is 2. The van der Waals surface area contributed by atoms with E-state index in [1.54, 1.807) is 16.5 Å². The minimum absolute atomic E-state index is 0.0115. The molecule has 1 unspecified atom stereocenters. The van der Waals surface area contributed by atoms with Crippen LogP contribution in [0.3, 0.4) is 0 Å². The lowest BCUT2D eigenvalue weighted by Crippen LogP contribution is -2.55. The number of nitrogens with zero attached hydrogens (tertiary/aromatic N) is 4. The first-order chi connectivity index (χ1) is 38.6. The van der Waals surface area contributed by atoms with Crippen LogP contribution >= 0.6 is 11.3 Å². The maximum absolute atomic E-state index is 14.3. The number of ether oxygens (including phenoxy) is 4. The number of nitrogens with one attached hydrogen (secondary N) is 3. The molecule has 424 valence electrons. The Morgan fingerprint density at radius 1 is 0.900 bits per heavy atom. The number of likely N-dealkylation sites (tertiary alicyclic amines) is 1. The number of benzene rings is 4. The predicted molar refractivity (Wildman–Crippen MR) is 309 cm³/mol. The molecule has 9 rings (SSSR count). The van der Waals surface area contributed by atoms with E-state index >= 15 is 0 Å². The van der Waals surface area contributed by atoms with Gasteiger partial charge in [-0.1, -0.05) is 56.3 Å². The van der Waals surface area contributed by atoms with Gasteiger partial charge in [-0.2, -0.15) is 0 Å². The van der Waals surface area contributed by atoms with Crippen LogP contribution in [0.15, 0.2) is 95.2 Å². The number of amides is 3. The third-order valence-electron chi connectivity index (χ3n) is 15.6. The molecule has 17 nitrogen and oxygen atoms in total. The van der Waals surface area contributed by atoms with Crippen LogP contribution in [0.5, 0.6) is 11.5 Å². The molecule has 6 aromatic rings. The van der Waals surface area contributed by atoms with Gasteiger partial charge < -0.3 is 54.2 Å². The van der Waals surface area contributed by atoms with E-state index in [9.17, 15) is 29.4 Å². The quantitative estimate of drug-likeness (QED) is 0.0306. The maximum Gasteiger partial charge on any atom is 0.255 e. The number of aromatic amines is 1. The summed E-state index contributed by atoms with van der Waals surface area (Å²) in [4.78, 5) is 68.5. The molecule has 3 aliphatic rings. The van der Waals surface area contributed by atoms with Crippen molar-refractivity contribution in [1.82, 2.24) is 30.4 Å². The molecule has 0 radical (unpaired) electrons. The highest BCUT2D eigenvalue weighted by Crippen LogP contribution is 2.37. The van der Waals surface area contributed by atoms with E-state index in [4.69, 9.17) is 18.9 Å². The molecule has 0 spiro atoms. The second kappa shape index (κ2) is 26.1. The number of carbonyl (C=O) groups excluding carboxylic acids is 3. The molecule has 2 fully saturated rings. The number of hydrogen-bond acceptors (Lipinski definition) is 14. The van der Waals surface area contributed by atoms with E-state index < -0.39 is 30.3 Å². The average molecular weight is 1110 g/mol. The fraction of sp³-hybridized carbons (Fsp3) is 0.435. The van der Waals surface area contributed by atoms with Crippen LogP contribution in [0, 0.1) is 33.6 Å². The first-order valence-corrected chi connectivity index (χ1v) is 28.7. The number of aliphatic hydroxyl groups is 2. The van der Waals surface area contributed by atoms with Gasteiger partial charge in [0.25, 0.3) is 11.5 Å². The van der Waals surface area contributed by atoms with Crippen molar-refractivity contribution in [3.63, 3.8) is 0 Å². The van der Waals surface area contributed by atoms with E-state index in [-0.39, 0.29) is 62.6 Å². The second-order valence-electron chi connectivity index (χ2n) is 21.4. The van der Waals surface area contributed by atoms with Gasteiger partial charge in [0, 0.05) is 92.0 Å². The summed E-state index contributed by atoms with van der Waals surface area (Å²) in [5.41, 5.74) is 12.5. The second-order valence-corrected chi connectivity index (χ2v) is 22.2. The van der Waals surface area contributed by atoms with Gasteiger partial charge >= 0.3 is 0 Å². The van der Waals surface area contributed by atoms with Crippen molar-refractivity contribution in [1.29, 1.82) is 0 Å². The molecule has 0 saturated carbocycles. The molecule has 2 saturated heterocycles. The molecule has 3 aliphatic heterocycles. The first kappa shape index (κ1) is 57.7. The number of aryl methyl sites for hydroxylation is 3. The molecule has 0 bridgehead atoms. The lowest BCUT2D eigenvalue weighted by molar-refractivity contribution is -0.143. The number of fused-ring (bicyclic) bond motifs is 1. The summed E-state index contributed by atoms with van der Waals surface area (Å²) >= 11 is 1.52. The average Bonchev–Trinajstić information content (AvgIpc) is 4.17. The van der Waals surface area contributed by atoms with Crippen molar-refractivity contribution in [2.75, 3.05) is 57.6 Å². The topological polar surface area (TPSA) is 208 Å². The van der Waals surface area contributed by atoms with E-state index in [1.807, 2.05) is 114 Å². The number of aromatic nitrogens is 2. The molecule has 3 amide bonds. The summed E-state index contributed by atoms with van der Waals surface area (Å²) in [7, 11) is 0. The van der Waals surface area contributed by atoms with Crippen molar-refractivity contribution in [3.8, 4) is 33.1 Å². The Kier molecular flexibility index (Phi) is 18.8. The summed E-state index contributed by atoms with van der Waals surface area (Å²) in [5.74, 6) is 0.00326. The zero-order valence-electron chi connectivity index (χ0n) is 46.9. The number of anilines is 1. The lowest BCUT2D eigenvalue weighted by atomic mass is 9.94. The summed E-state index contributed by atoms with van der Waals surface area (Å²) in [6.45, 7) is 17.6. The molecule has 0 aliphatic carbocycles. The zero-order chi connectivity index (χ0) is 56.6. The van der Waals surface area contributed by atoms with E-state index in [1.165, 1.54) is 16.2 Å². The summed E-state index contributed by atoms with van der Waals surface area (Å²) in [5, 5.41) is 28.8. The van der Waals surface area contributed by atoms with Gasteiger partial charge in [-0.05, 0) is 129 Å². The number of carbonyl (C=O) groups is 3. The minimum atomic E-state index is -1.04. The first-order valence-electron chi connectivity index (χ1n) is 27.8. The number of pyridine rings is 1. The smallest absolute Gasteiger partial charge is 0.255 e. The number of H-pyrrole nitrogens is 1. The fourth-order valence-electron chi connectivity index (χ4n) is 11.4. The lowest BCUT2D eigenvalue weighted by Gasteiger charge is -2.37. The largest absolute Gasteiger partial charge is 0.491 e. The minimum Gasteiger partial charge on any atom is -0.491 e. The number of hydrogen-bond donors (Lipinski definition) is 5. The van der Waals surface area contributed by atoms with Gasteiger partial charge in [0.2, 0.25) is 11.8 Å². The molecule has 18 heteroatoms. The van der Waals surface area contributed by atoms with Gasteiger partial charge in [-0.25, -0.2) is 4.98 Å². The van der Waals surface area contributed by atoms with Crippen molar-refractivity contribution in [3.05, 3.63) is 151 Å². The highest BCUT2D eigenvalue weighted by Gasteiger charge is 2.46. The SMILES string of the molecule is CCN(c1cc(-c2ccc(OCCOCCOc3cc(-c4scnc4C)ccc3CNC(=O)[C@@H]3C[C@@H](O)CN3C(=O)[C@H](C(C)C)N3Cc4ccccc4C3=O)cc2)cc(C(O)NCc2c(C)cc(C)[nH]c2=O)c1C)C1CCOCC1. The van der Waals surface area contributed by atoms with Gasteiger partial charge in [0.05, 0.1) is 35.4 Å². The fourth-order valence-corrected chi connectivity index (χ4v) is 12.2. The third-order valence-corrected chi connectivity index (χ3v) is 16.6. The number of rotatable bonds is 23. The molecular formula is C62H75N7O10S. The highest BCUT2D eigenvalue weighted by atomic mass is 32.1. The van der Waals surface area contributed by atoms with Crippen molar-refractivity contribution in [2.45, 2.75) is 118 Å². The third kappa shape index (κ3) is 13.1. The Hall–Kier alpha value is -6.93. The summed E-state index contributed by atoms with van der Waals surface area (Å²) < 4.78 is 24.2. The van der Waals surface area contributed by atoms with Gasteiger partial charge in [0.1, 0.15) is 43.0 Å². The van der Waals surface area contributed by atoms with Gasteiger partial charge in [-0.3, -0.25) is 24.5 Å². The van der Waals surface area contributed by atoms with Crippen LogP contribution in [0.2, 0.25) is 0 Å². The van der Waals surface area contributed by atoms with Crippen molar-refractivity contribution < 1.29 is 43.5 Å². The van der Waals surface area contributed by atoms with Crippen molar-refractivity contribution in [2.24, 2.45) is 5.92 Å². The van der Waals surface area contributed by atoms with Gasteiger partial charge in [-0.15, -0.1) is 11.3 Å². The number of β-amino-alcohol motifs (C(OH)–C–C–N with tert-alkyl or cyclic N) is 1. The van der Waals surface area contributed by atoms with Crippen LogP contribution in [0.25, 0.3) is 21.6 Å². The Bertz CT molecular complexity index is 3210. The molecule has 4 atom stereocenters. The molecular weight excluding hydrogens is 1030 g/mol. The Labute approximate surface area is 472 Å². The molecule has 5 N–H and O–H groups in total. The molecule has 2 aromatic heterocycles. The van der Waals surface area contributed by atoms with Crippen LogP contribution < -0.4 is 30.6 Å².